The highest BCUT2D eigenvalue weighted by atomic mass is 16.5. The number of H-pyrrole nitrogens is 1. The van der Waals surface area contributed by atoms with E-state index in [0.717, 1.165) is 32.8 Å². The molecule has 0 radical (unpaired) electrons. The van der Waals surface area contributed by atoms with E-state index < -0.39 is 0 Å². The molecular formula is C16H20N4O2. The van der Waals surface area contributed by atoms with Gasteiger partial charge in [0.05, 0.1) is 26.0 Å². The number of likely N-dealkylation sites (tertiary alicyclic amines) is 1. The predicted octanol–water partition coefficient (Wildman–Crippen LogP) is 1.33. The van der Waals surface area contributed by atoms with Crippen LogP contribution in [0.1, 0.15) is 5.56 Å². The first-order valence-electron chi connectivity index (χ1n) is 7.66. The Labute approximate surface area is 129 Å². The summed E-state index contributed by atoms with van der Waals surface area (Å²) < 4.78 is 11.7. The van der Waals surface area contributed by atoms with E-state index >= 15 is 0 Å². The van der Waals surface area contributed by atoms with Crippen LogP contribution in [0.3, 0.4) is 0 Å². The monoisotopic (exact) mass is 300 g/mol. The summed E-state index contributed by atoms with van der Waals surface area (Å²) in [5, 5.41) is 6.90. The number of rotatable bonds is 5. The van der Waals surface area contributed by atoms with Crippen molar-refractivity contribution in [2.45, 2.75) is 6.54 Å². The van der Waals surface area contributed by atoms with Gasteiger partial charge >= 0.3 is 0 Å². The lowest BCUT2D eigenvalue weighted by atomic mass is 9.82. The molecular weight excluding hydrogens is 280 g/mol. The van der Waals surface area contributed by atoms with Crippen LogP contribution in [-0.2, 0) is 11.3 Å². The molecule has 4 heterocycles. The number of nitrogens with one attached hydrogen (secondary N) is 1. The van der Waals surface area contributed by atoms with Crippen molar-refractivity contribution in [2.75, 3.05) is 32.9 Å². The highest BCUT2D eigenvalue weighted by molar-refractivity contribution is 5.11. The third-order valence-electron chi connectivity index (χ3n) is 4.70. The van der Waals surface area contributed by atoms with Gasteiger partial charge in [-0.25, -0.2) is 4.98 Å². The van der Waals surface area contributed by atoms with Gasteiger partial charge in [0, 0.05) is 55.0 Å². The lowest BCUT2D eigenvalue weighted by molar-refractivity contribution is 0.0881. The Bertz CT molecular complexity index is 604. The second kappa shape index (κ2) is 5.70. The standard InChI is InChI=1S/C16H20N4O2/c1-2-4-17-15(3-1)22-12-16-10-20(7-13-5-18-19-6-13)8-14(16)9-21-11-16/h1-6,14H,7-12H2,(H,18,19)/t14-,16+/m1/s1. The molecule has 0 amide bonds. The molecule has 6 nitrogen and oxygen atoms in total. The van der Waals surface area contributed by atoms with Gasteiger partial charge in [-0.1, -0.05) is 6.07 Å². The quantitative estimate of drug-likeness (QED) is 0.902. The number of fused-ring (bicyclic) bond motifs is 1. The molecule has 2 aliphatic rings. The van der Waals surface area contributed by atoms with E-state index in [1.165, 1.54) is 5.56 Å². The maximum atomic E-state index is 5.94. The van der Waals surface area contributed by atoms with Gasteiger partial charge < -0.3 is 9.47 Å². The Morgan fingerprint density at radius 3 is 3.27 bits per heavy atom. The molecule has 22 heavy (non-hydrogen) atoms. The fourth-order valence-corrected chi connectivity index (χ4v) is 3.54. The third-order valence-corrected chi connectivity index (χ3v) is 4.70. The lowest BCUT2D eigenvalue weighted by Gasteiger charge is -2.26. The molecule has 2 aliphatic heterocycles. The number of hydrogen-bond donors (Lipinski definition) is 1. The molecule has 2 fully saturated rings. The Morgan fingerprint density at radius 2 is 2.45 bits per heavy atom. The van der Waals surface area contributed by atoms with Gasteiger partial charge in [0.15, 0.2) is 0 Å². The van der Waals surface area contributed by atoms with Crippen molar-refractivity contribution in [3.8, 4) is 5.88 Å². The van der Waals surface area contributed by atoms with E-state index in [2.05, 4.69) is 20.1 Å². The van der Waals surface area contributed by atoms with Crippen LogP contribution in [0.15, 0.2) is 36.8 Å². The average molecular weight is 300 g/mol. The number of aromatic nitrogens is 3. The molecule has 2 saturated heterocycles. The zero-order valence-electron chi connectivity index (χ0n) is 12.4. The zero-order valence-corrected chi connectivity index (χ0v) is 12.4. The number of pyridine rings is 1. The van der Waals surface area contributed by atoms with Crippen LogP contribution in [0.2, 0.25) is 0 Å². The van der Waals surface area contributed by atoms with Crippen molar-refractivity contribution in [3.05, 3.63) is 42.4 Å². The van der Waals surface area contributed by atoms with Crippen molar-refractivity contribution in [3.63, 3.8) is 0 Å². The summed E-state index contributed by atoms with van der Waals surface area (Å²) in [6.45, 7) is 5.24. The largest absolute Gasteiger partial charge is 0.477 e. The Balaban J connectivity index is 1.42. The van der Waals surface area contributed by atoms with Crippen LogP contribution in [0, 0.1) is 11.3 Å². The van der Waals surface area contributed by atoms with E-state index in [1.807, 2.05) is 30.6 Å². The molecule has 0 bridgehead atoms. The number of hydrogen-bond acceptors (Lipinski definition) is 5. The Hall–Kier alpha value is -1.92. The molecule has 0 aromatic carbocycles. The van der Waals surface area contributed by atoms with Crippen molar-refractivity contribution in [1.82, 2.24) is 20.1 Å². The highest BCUT2D eigenvalue weighted by Gasteiger charge is 2.51. The van der Waals surface area contributed by atoms with Gasteiger partial charge in [-0.2, -0.15) is 5.10 Å². The Kier molecular flexibility index (Phi) is 3.56. The van der Waals surface area contributed by atoms with Crippen molar-refractivity contribution >= 4 is 0 Å². The number of aromatic amines is 1. The molecule has 116 valence electrons. The molecule has 2 aromatic rings. The SMILES string of the molecule is c1ccc(OC[C@]23COC[C@H]2CN(Cc2cn[nH]c2)C3)nc1. The van der Waals surface area contributed by atoms with Gasteiger partial charge in [0.25, 0.3) is 0 Å². The van der Waals surface area contributed by atoms with Gasteiger partial charge in [-0.3, -0.25) is 10.00 Å². The summed E-state index contributed by atoms with van der Waals surface area (Å²) in [5.74, 6) is 1.22. The van der Waals surface area contributed by atoms with Gasteiger partial charge in [0.2, 0.25) is 5.88 Å². The van der Waals surface area contributed by atoms with Crippen LogP contribution < -0.4 is 4.74 Å². The molecule has 1 N–H and O–H groups in total. The summed E-state index contributed by atoms with van der Waals surface area (Å²) in [7, 11) is 0. The van der Waals surface area contributed by atoms with Crippen LogP contribution in [0.25, 0.3) is 0 Å². The van der Waals surface area contributed by atoms with Crippen LogP contribution >= 0.6 is 0 Å². The summed E-state index contributed by atoms with van der Waals surface area (Å²) in [6, 6.07) is 5.75. The average Bonchev–Trinajstić information content (AvgIpc) is 3.23. The molecule has 2 aromatic heterocycles. The van der Waals surface area contributed by atoms with E-state index in [0.29, 0.717) is 18.4 Å². The third kappa shape index (κ3) is 2.60. The maximum absolute atomic E-state index is 5.94. The minimum Gasteiger partial charge on any atom is -0.477 e. The maximum Gasteiger partial charge on any atom is 0.213 e. The number of ether oxygens (including phenoxy) is 2. The summed E-state index contributed by atoms with van der Waals surface area (Å²) >= 11 is 0. The summed E-state index contributed by atoms with van der Waals surface area (Å²) in [6.07, 6.45) is 5.61. The minimum atomic E-state index is 0.0846. The van der Waals surface area contributed by atoms with Gasteiger partial charge in [-0.05, 0) is 6.07 Å². The van der Waals surface area contributed by atoms with Gasteiger partial charge in [0.1, 0.15) is 0 Å². The lowest BCUT2D eigenvalue weighted by Crippen LogP contribution is -2.37. The molecule has 0 aliphatic carbocycles. The van der Waals surface area contributed by atoms with E-state index in [4.69, 9.17) is 9.47 Å². The first-order chi connectivity index (χ1) is 10.8. The normalized spacial score (nSPS) is 27.9. The first kappa shape index (κ1) is 13.7. The van der Waals surface area contributed by atoms with Crippen molar-refractivity contribution < 1.29 is 9.47 Å². The van der Waals surface area contributed by atoms with Crippen molar-refractivity contribution in [2.24, 2.45) is 11.3 Å². The van der Waals surface area contributed by atoms with E-state index in [1.54, 1.807) is 6.20 Å². The minimum absolute atomic E-state index is 0.0846. The zero-order chi connectivity index (χ0) is 14.8. The van der Waals surface area contributed by atoms with Crippen molar-refractivity contribution in [1.29, 1.82) is 0 Å². The second-order valence-electron chi connectivity index (χ2n) is 6.31. The van der Waals surface area contributed by atoms with Crippen LogP contribution in [0.5, 0.6) is 5.88 Å². The molecule has 6 heteroatoms. The van der Waals surface area contributed by atoms with Crippen LogP contribution in [-0.4, -0.2) is 53.0 Å². The topological polar surface area (TPSA) is 63.3 Å². The second-order valence-corrected chi connectivity index (χ2v) is 6.31. The smallest absolute Gasteiger partial charge is 0.213 e. The summed E-state index contributed by atoms with van der Waals surface area (Å²) in [5.41, 5.74) is 1.31. The summed E-state index contributed by atoms with van der Waals surface area (Å²) in [4.78, 5) is 6.71. The highest BCUT2D eigenvalue weighted by Crippen LogP contribution is 2.42. The van der Waals surface area contributed by atoms with E-state index in [9.17, 15) is 0 Å². The number of nitrogens with zero attached hydrogens (tertiary/aromatic N) is 3. The van der Waals surface area contributed by atoms with Crippen LogP contribution in [0.4, 0.5) is 0 Å². The Morgan fingerprint density at radius 1 is 1.45 bits per heavy atom. The fraction of sp³-hybridized carbons (Fsp3) is 0.500. The fourth-order valence-electron chi connectivity index (χ4n) is 3.54. The molecule has 4 rings (SSSR count). The molecule has 0 spiro atoms. The molecule has 0 unspecified atom stereocenters. The predicted molar refractivity (Wildman–Crippen MR) is 80.3 cm³/mol. The van der Waals surface area contributed by atoms with Gasteiger partial charge in [-0.15, -0.1) is 0 Å². The van der Waals surface area contributed by atoms with E-state index in [-0.39, 0.29) is 5.41 Å². The molecule has 0 saturated carbocycles. The first-order valence-corrected chi connectivity index (χ1v) is 7.66. The molecule has 2 atom stereocenters.